The van der Waals surface area contributed by atoms with Crippen molar-refractivity contribution in [3.8, 4) is 11.1 Å². The van der Waals surface area contributed by atoms with Gasteiger partial charge in [0.15, 0.2) is 5.17 Å². The van der Waals surface area contributed by atoms with Crippen LogP contribution in [-0.2, 0) is 4.79 Å². The summed E-state index contributed by atoms with van der Waals surface area (Å²) in [6.45, 7) is 5.52. The minimum Gasteiger partial charge on any atom is -0.334 e. The number of likely N-dealkylation sites (N-methyl/N-ethyl adjacent to an activating group) is 1. The third kappa shape index (κ3) is 3.74. The molecule has 1 fully saturated rings. The molecule has 2 aliphatic rings. The third-order valence-corrected chi connectivity index (χ3v) is 7.88. The van der Waals surface area contributed by atoms with Gasteiger partial charge in [-0.2, -0.15) is 0 Å². The number of hydrogen-bond acceptors (Lipinski definition) is 5. The highest BCUT2D eigenvalue weighted by Gasteiger charge is 2.38. The highest BCUT2D eigenvalue weighted by Crippen LogP contribution is 2.50. The molecule has 0 unspecified atom stereocenters. The molecule has 3 aromatic rings. The lowest BCUT2D eigenvalue weighted by molar-refractivity contribution is -0.122. The van der Waals surface area contributed by atoms with Crippen molar-refractivity contribution in [2.24, 2.45) is 4.99 Å². The van der Waals surface area contributed by atoms with E-state index in [1.165, 1.54) is 27.9 Å². The van der Waals surface area contributed by atoms with E-state index in [2.05, 4.69) is 48.2 Å². The lowest BCUT2D eigenvalue weighted by atomic mass is 10.1. The zero-order chi connectivity index (χ0) is 22.1. The summed E-state index contributed by atoms with van der Waals surface area (Å²) in [5, 5.41) is 1.74. The van der Waals surface area contributed by atoms with Crippen molar-refractivity contribution >= 4 is 46.0 Å². The van der Waals surface area contributed by atoms with Crippen molar-refractivity contribution < 1.29 is 4.79 Å². The van der Waals surface area contributed by atoms with Gasteiger partial charge in [-0.1, -0.05) is 66.4 Å². The number of amidine groups is 1. The minimum absolute atomic E-state index is 0.0333. The van der Waals surface area contributed by atoms with Gasteiger partial charge in [0.1, 0.15) is 9.93 Å². The first kappa shape index (κ1) is 20.9. The molecule has 2 heterocycles. The van der Waals surface area contributed by atoms with Gasteiger partial charge >= 0.3 is 0 Å². The standard InChI is InChI=1S/C26H23N3OS2/c1-3-28-21-12-8-9-13-22(21)31-25(28)23-24(30)29(4-2)26(32-23)27-20-16-14-19(15-17-20)18-10-6-5-7-11-18/h5-17H,3-4H2,1-2H3/b25-23-,27-26?. The molecule has 2 aliphatic heterocycles. The fourth-order valence-corrected chi connectivity index (χ4v) is 6.34. The average Bonchev–Trinajstić information content (AvgIpc) is 3.36. The van der Waals surface area contributed by atoms with E-state index in [-0.39, 0.29) is 5.91 Å². The molecule has 0 spiro atoms. The molecule has 4 nitrogen and oxygen atoms in total. The number of para-hydroxylation sites is 1. The Morgan fingerprint density at radius 3 is 2.12 bits per heavy atom. The van der Waals surface area contributed by atoms with Crippen LogP contribution in [0.25, 0.3) is 11.1 Å². The molecule has 0 bridgehead atoms. The van der Waals surface area contributed by atoms with E-state index in [0.717, 1.165) is 32.9 Å². The zero-order valence-corrected chi connectivity index (χ0v) is 19.6. The van der Waals surface area contributed by atoms with E-state index < -0.39 is 0 Å². The number of nitrogens with zero attached hydrogens (tertiary/aromatic N) is 3. The Bertz CT molecular complexity index is 1220. The molecule has 3 aromatic carbocycles. The Morgan fingerprint density at radius 1 is 0.750 bits per heavy atom. The molecule has 6 heteroatoms. The molecule has 0 atom stereocenters. The molecule has 1 amide bonds. The summed E-state index contributed by atoms with van der Waals surface area (Å²) in [7, 11) is 0. The molecule has 5 rings (SSSR count). The quantitative estimate of drug-likeness (QED) is 0.407. The number of carbonyl (C=O) groups is 1. The van der Waals surface area contributed by atoms with Gasteiger partial charge in [-0.3, -0.25) is 9.69 Å². The smallest absolute Gasteiger partial charge is 0.269 e. The number of anilines is 1. The van der Waals surface area contributed by atoms with E-state index in [0.29, 0.717) is 6.54 Å². The van der Waals surface area contributed by atoms with Gasteiger partial charge in [-0.05, 0) is 61.0 Å². The number of fused-ring (bicyclic) bond motifs is 1. The fraction of sp³-hybridized carbons (Fsp3) is 0.154. The Labute approximate surface area is 197 Å². The first-order valence-electron chi connectivity index (χ1n) is 10.7. The Balaban J connectivity index is 1.47. The van der Waals surface area contributed by atoms with Crippen LogP contribution in [0.2, 0.25) is 0 Å². The maximum absolute atomic E-state index is 13.3. The second kappa shape index (κ2) is 8.88. The monoisotopic (exact) mass is 457 g/mol. The van der Waals surface area contributed by atoms with Crippen molar-refractivity contribution in [2.45, 2.75) is 18.7 Å². The number of rotatable bonds is 4. The minimum atomic E-state index is 0.0333. The van der Waals surface area contributed by atoms with Crippen LogP contribution in [0, 0.1) is 0 Å². The largest absolute Gasteiger partial charge is 0.334 e. The van der Waals surface area contributed by atoms with Gasteiger partial charge in [0.2, 0.25) is 0 Å². The van der Waals surface area contributed by atoms with Gasteiger partial charge in [-0.15, -0.1) is 0 Å². The van der Waals surface area contributed by atoms with Gasteiger partial charge in [0.05, 0.1) is 11.4 Å². The first-order valence-corrected chi connectivity index (χ1v) is 12.4. The van der Waals surface area contributed by atoms with E-state index in [1.54, 1.807) is 16.7 Å². The molecule has 0 saturated carbocycles. The number of benzene rings is 3. The Morgan fingerprint density at radius 2 is 1.41 bits per heavy atom. The summed E-state index contributed by atoms with van der Waals surface area (Å²) in [6.07, 6.45) is 0. The van der Waals surface area contributed by atoms with E-state index >= 15 is 0 Å². The second-order valence-electron chi connectivity index (χ2n) is 7.41. The molecular formula is C26H23N3OS2. The predicted molar refractivity (Wildman–Crippen MR) is 136 cm³/mol. The molecule has 1 saturated heterocycles. The molecule has 0 aromatic heterocycles. The predicted octanol–water partition coefficient (Wildman–Crippen LogP) is 6.74. The number of thioether (sulfide) groups is 2. The molecule has 0 N–H and O–H groups in total. The molecule has 0 aliphatic carbocycles. The summed E-state index contributed by atoms with van der Waals surface area (Å²) in [4.78, 5) is 24.1. The molecule has 160 valence electrons. The first-order chi connectivity index (χ1) is 15.7. The van der Waals surface area contributed by atoms with Crippen LogP contribution < -0.4 is 4.90 Å². The van der Waals surface area contributed by atoms with Gasteiger partial charge in [0.25, 0.3) is 5.91 Å². The van der Waals surface area contributed by atoms with Gasteiger partial charge < -0.3 is 4.90 Å². The highest BCUT2D eigenvalue weighted by atomic mass is 32.2. The topological polar surface area (TPSA) is 35.9 Å². The zero-order valence-electron chi connectivity index (χ0n) is 18.0. The molecular weight excluding hydrogens is 434 g/mol. The lowest BCUT2D eigenvalue weighted by Crippen LogP contribution is -2.29. The Hall–Kier alpha value is -2.96. The van der Waals surface area contributed by atoms with E-state index in [4.69, 9.17) is 4.99 Å². The summed E-state index contributed by atoms with van der Waals surface area (Å²) >= 11 is 3.15. The van der Waals surface area contributed by atoms with Crippen LogP contribution >= 0.6 is 23.5 Å². The van der Waals surface area contributed by atoms with Crippen LogP contribution in [0.4, 0.5) is 11.4 Å². The summed E-state index contributed by atoms with van der Waals surface area (Å²) in [5.74, 6) is 0.0333. The molecule has 32 heavy (non-hydrogen) atoms. The number of hydrogen-bond donors (Lipinski definition) is 0. The van der Waals surface area contributed by atoms with Gasteiger partial charge in [-0.25, -0.2) is 4.99 Å². The third-order valence-electron chi connectivity index (χ3n) is 5.50. The van der Waals surface area contributed by atoms with Gasteiger partial charge in [0, 0.05) is 18.0 Å². The number of amides is 1. The summed E-state index contributed by atoms with van der Waals surface area (Å²) in [5.41, 5.74) is 4.34. The van der Waals surface area contributed by atoms with Crippen molar-refractivity contribution in [1.82, 2.24) is 4.90 Å². The molecule has 0 radical (unpaired) electrons. The highest BCUT2D eigenvalue weighted by molar-refractivity contribution is 8.19. The fourth-order valence-electron chi connectivity index (χ4n) is 3.88. The SMILES string of the molecule is CCN1C(=O)/C(=C2/Sc3ccccc3N2CC)SC1=Nc1ccc(-c2ccccc2)cc1. The summed E-state index contributed by atoms with van der Waals surface area (Å²) in [6, 6.07) is 26.8. The van der Waals surface area contributed by atoms with Crippen molar-refractivity contribution in [2.75, 3.05) is 18.0 Å². The average molecular weight is 458 g/mol. The number of carbonyl (C=O) groups excluding carboxylic acids is 1. The number of aliphatic imine (C=N–C) groups is 1. The van der Waals surface area contributed by atoms with Crippen molar-refractivity contribution in [1.29, 1.82) is 0 Å². The van der Waals surface area contributed by atoms with Crippen molar-refractivity contribution in [3.63, 3.8) is 0 Å². The Kier molecular flexibility index (Phi) is 5.81. The summed E-state index contributed by atoms with van der Waals surface area (Å²) < 4.78 is 0. The normalized spacial score (nSPS) is 19.2. The maximum Gasteiger partial charge on any atom is 0.269 e. The van der Waals surface area contributed by atoms with Crippen LogP contribution in [0.3, 0.4) is 0 Å². The van der Waals surface area contributed by atoms with E-state index in [1.807, 2.05) is 49.4 Å². The van der Waals surface area contributed by atoms with E-state index in [9.17, 15) is 4.79 Å². The van der Waals surface area contributed by atoms with Crippen LogP contribution in [0.5, 0.6) is 0 Å². The van der Waals surface area contributed by atoms with Crippen LogP contribution in [0.1, 0.15) is 13.8 Å². The lowest BCUT2D eigenvalue weighted by Gasteiger charge is -2.19. The van der Waals surface area contributed by atoms with Crippen molar-refractivity contribution in [3.05, 3.63) is 88.8 Å². The van der Waals surface area contributed by atoms with Crippen LogP contribution in [0.15, 0.2) is 98.7 Å². The maximum atomic E-state index is 13.3. The second-order valence-corrected chi connectivity index (χ2v) is 9.42. The van der Waals surface area contributed by atoms with Crippen LogP contribution in [-0.4, -0.2) is 29.1 Å².